The molecule has 3 aromatic rings. The maximum absolute atomic E-state index is 12.6. The summed E-state index contributed by atoms with van der Waals surface area (Å²) in [6.07, 6.45) is 0. The van der Waals surface area contributed by atoms with Crippen LogP contribution in [-0.2, 0) is 0 Å². The highest BCUT2D eigenvalue weighted by atomic mass is 16.5. The second-order valence-electron chi connectivity index (χ2n) is 8.26. The van der Waals surface area contributed by atoms with Crippen molar-refractivity contribution in [1.82, 2.24) is 0 Å². The third-order valence-corrected chi connectivity index (χ3v) is 5.20. The molecule has 4 nitrogen and oxygen atoms in total. The Balaban J connectivity index is 1.68. The summed E-state index contributed by atoms with van der Waals surface area (Å²) in [6, 6.07) is 19.8. The predicted molar refractivity (Wildman–Crippen MR) is 122 cm³/mol. The van der Waals surface area contributed by atoms with Gasteiger partial charge in [-0.25, -0.2) is 9.59 Å². The van der Waals surface area contributed by atoms with Gasteiger partial charge in [0.05, 0.1) is 11.1 Å². The van der Waals surface area contributed by atoms with Crippen LogP contribution in [0.15, 0.2) is 66.7 Å². The molecule has 0 aliphatic heterocycles. The Bertz CT molecular complexity index is 1060. The third-order valence-electron chi connectivity index (χ3n) is 5.20. The normalized spacial score (nSPS) is 10.9. The first-order valence-corrected chi connectivity index (χ1v) is 10.5. The minimum Gasteiger partial charge on any atom is -0.423 e. The van der Waals surface area contributed by atoms with E-state index in [4.69, 9.17) is 9.47 Å². The van der Waals surface area contributed by atoms with Gasteiger partial charge in [0.15, 0.2) is 0 Å². The summed E-state index contributed by atoms with van der Waals surface area (Å²) >= 11 is 0. The molecule has 0 atom stereocenters. The zero-order chi connectivity index (χ0) is 22.5. The molecule has 31 heavy (non-hydrogen) atoms. The van der Waals surface area contributed by atoms with Gasteiger partial charge in [-0.3, -0.25) is 0 Å². The lowest BCUT2D eigenvalue weighted by Gasteiger charge is -2.11. The van der Waals surface area contributed by atoms with Crippen molar-refractivity contribution in [1.29, 1.82) is 0 Å². The second-order valence-corrected chi connectivity index (χ2v) is 8.26. The zero-order valence-electron chi connectivity index (χ0n) is 18.6. The number of ether oxygens (including phenoxy) is 2. The van der Waals surface area contributed by atoms with Crippen LogP contribution >= 0.6 is 0 Å². The van der Waals surface area contributed by atoms with Crippen LogP contribution in [0.3, 0.4) is 0 Å². The van der Waals surface area contributed by atoms with Crippen LogP contribution < -0.4 is 9.47 Å². The summed E-state index contributed by atoms with van der Waals surface area (Å²) in [4.78, 5) is 25.1. The number of hydrogen-bond acceptors (Lipinski definition) is 4. The van der Waals surface area contributed by atoms with Gasteiger partial charge in [-0.05, 0) is 77.9 Å². The van der Waals surface area contributed by atoms with Crippen molar-refractivity contribution >= 4 is 11.9 Å². The van der Waals surface area contributed by atoms with E-state index in [2.05, 4.69) is 27.7 Å². The van der Waals surface area contributed by atoms with Gasteiger partial charge in [0.1, 0.15) is 11.5 Å². The van der Waals surface area contributed by atoms with E-state index >= 15 is 0 Å². The van der Waals surface area contributed by atoms with Crippen LogP contribution in [0.2, 0.25) is 0 Å². The van der Waals surface area contributed by atoms with E-state index in [1.807, 2.05) is 24.3 Å². The van der Waals surface area contributed by atoms with Crippen molar-refractivity contribution in [2.75, 3.05) is 0 Å². The molecule has 0 spiro atoms. The van der Waals surface area contributed by atoms with Gasteiger partial charge in [-0.15, -0.1) is 0 Å². The lowest BCUT2D eigenvalue weighted by atomic mass is 10.0. The molecule has 3 aromatic carbocycles. The second kappa shape index (κ2) is 9.61. The van der Waals surface area contributed by atoms with Gasteiger partial charge < -0.3 is 9.47 Å². The molecule has 0 unspecified atom stereocenters. The predicted octanol–water partition coefficient (Wildman–Crippen LogP) is 6.68. The van der Waals surface area contributed by atoms with Crippen LogP contribution in [0.4, 0.5) is 0 Å². The smallest absolute Gasteiger partial charge is 0.343 e. The Kier molecular flexibility index (Phi) is 6.91. The maximum Gasteiger partial charge on any atom is 0.343 e. The summed E-state index contributed by atoms with van der Waals surface area (Å²) in [5, 5.41) is 0. The highest BCUT2D eigenvalue weighted by molar-refractivity contribution is 5.96. The number of carbonyl (C=O) groups excluding carboxylic acids is 2. The topological polar surface area (TPSA) is 52.6 Å². The average Bonchev–Trinajstić information content (AvgIpc) is 2.74. The van der Waals surface area contributed by atoms with Gasteiger partial charge in [0, 0.05) is 0 Å². The van der Waals surface area contributed by atoms with E-state index in [0.29, 0.717) is 40.0 Å². The fourth-order valence-electron chi connectivity index (χ4n) is 3.19. The molecule has 0 heterocycles. The molecule has 0 radical (unpaired) electrons. The number of benzene rings is 3. The molecule has 3 rings (SSSR count). The standard InChI is InChI=1S/C27H28O4/c1-17(2)20-6-11-23(12-7-20)30-26(28)22-10-15-25(19(5)16-22)27(29)31-24-13-8-21(9-14-24)18(3)4/h6-18H,1-5H3. The Morgan fingerprint density at radius 1 is 0.645 bits per heavy atom. The molecule has 0 saturated carbocycles. The van der Waals surface area contributed by atoms with E-state index in [1.165, 1.54) is 11.1 Å². The monoisotopic (exact) mass is 416 g/mol. The number of aryl methyl sites for hydroxylation is 1. The Morgan fingerprint density at radius 2 is 1.10 bits per heavy atom. The summed E-state index contributed by atoms with van der Waals surface area (Å²) in [7, 11) is 0. The summed E-state index contributed by atoms with van der Waals surface area (Å²) in [5.41, 5.74) is 3.79. The largest absolute Gasteiger partial charge is 0.423 e. The van der Waals surface area contributed by atoms with Gasteiger partial charge in [0.2, 0.25) is 0 Å². The number of hydrogen-bond donors (Lipinski definition) is 0. The molecule has 0 amide bonds. The van der Waals surface area contributed by atoms with Crippen LogP contribution in [0.1, 0.15) is 76.9 Å². The van der Waals surface area contributed by atoms with Crippen molar-refractivity contribution in [3.63, 3.8) is 0 Å². The summed E-state index contributed by atoms with van der Waals surface area (Å²) in [5.74, 6) is 0.867. The fourth-order valence-corrected chi connectivity index (χ4v) is 3.19. The van der Waals surface area contributed by atoms with Crippen molar-refractivity contribution < 1.29 is 19.1 Å². The molecular formula is C27H28O4. The van der Waals surface area contributed by atoms with Crippen molar-refractivity contribution in [3.8, 4) is 11.5 Å². The number of esters is 2. The Morgan fingerprint density at radius 3 is 1.52 bits per heavy atom. The van der Waals surface area contributed by atoms with Crippen LogP contribution in [0, 0.1) is 6.92 Å². The molecule has 0 N–H and O–H groups in total. The van der Waals surface area contributed by atoms with E-state index in [0.717, 1.165) is 0 Å². The lowest BCUT2D eigenvalue weighted by molar-refractivity contribution is 0.0719. The maximum atomic E-state index is 12.6. The number of carbonyl (C=O) groups is 2. The molecule has 0 fully saturated rings. The minimum atomic E-state index is -0.468. The van der Waals surface area contributed by atoms with Gasteiger partial charge in [-0.2, -0.15) is 0 Å². The molecule has 0 aliphatic carbocycles. The first kappa shape index (κ1) is 22.3. The van der Waals surface area contributed by atoms with Gasteiger partial charge >= 0.3 is 11.9 Å². The fraction of sp³-hybridized carbons (Fsp3) is 0.259. The first-order valence-electron chi connectivity index (χ1n) is 10.5. The van der Waals surface area contributed by atoms with E-state index in [1.54, 1.807) is 49.4 Å². The average molecular weight is 417 g/mol. The summed E-state index contributed by atoms with van der Waals surface area (Å²) < 4.78 is 10.9. The van der Waals surface area contributed by atoms with Crippen molar-refractivity contribution in [2.24, 2.45) is 0 Å². The van der Waals surface area contributed by atoms with E-state index in [-0.39, 0.29) is 0 Å². The molecule has 0 aliphatic rings. The van der Waals surface area contributed by atoms with Gasteiger partial charge in [0.25, 0.3) is 0 Å². The molecule has 0 bridgehead atoms. The highest BCUT2D eigenvalue weighted by Crippen LogP contribution is 2.22. The van der Waals surface area contributed by atoms with E-state index < -0.39 is 11.9 Å². The Hall–Kier alpha value is -3.40. The van der Waals surface area contributed by atoms with Crippen molar-refractivity contribution in [2.45, 2.75) is 46.5 Å². The summed E-state index contributed by atoms with van der Waals surface area (Å²) in [6.45, 7) is 10.2. The number of rotatable bonds is 6. The SMILES string of the molecule is Cc1cc(C(=O)Oc2ccc(C(C)C)cc2)ccc1C(=O)Oc1ccc(C(C)C)cc1. The third kappa shape index (κ3) is 5.60. The van der Waals surface area contributed by atoms with Crippen LogP contribution in [0.5, 0.6) is 11.5 Å². The lowest BCUT2D eigenvalue weighted by Crippen LogP contribution is -2.13. The molecule has 0 saturated heterocycles. The van der Waals surface area contributed by atoms with Crippen LogP contribution in [0.25, 0.3) is 0 Å². The van der Waals surface area contributed by atoms with Gasteiger partial charge in [-0.1, -0.05) is 52.0 Å². The molecule has 0 aromatic heterocycles. The molecule has 4 heteroatoms. The molecule has 160 valence electrons. The highest BCUT2D eigenvalue weighted by Gasteiger charge is 2.16. The van der Waals surface area contributed by atoms with Crippen LogP contribution in [-0.4, -0.2) is 11.9 Å². The van der Waals surface area contributed by atoms with Crippen molar-refractivity contribution in [3.05, 3.63) is 94.5 Å². The first-order chi connectivity index (χ1) is 14.7. The molecular weight excluding hydrogens is 388 g/mol. The quantitative estimate of drug-likeness (QED) is 0.332. The van der Waals surface area contributed by atoms with E-state index in [9.17, 15) is 9.59 Å². The Labute approximate surface area is 183 Å². The zero-order valence-corrected chi connectivity index (χ0v) is 18.6. The minimum absolute atomic E-state index is 0.378.